The first-order chi connectivity index (χ1) is 19.3. The number of H-pyrrole nitrogens is 1. The van der Waals surface area contributed by atoms with E-state index in [0.29, 0.717) is 24.2 Å². The molecule has 0 saturated carbocycles. The molecule has 4 aromatic rings. The van der Waals surface area contributed by atoms with Gasteiger partial charge < -0.3 is 14.6 Å². The number of carboxylic acids is 1. The molecule has 0 amide bonds. The van der Waals surface area contributed by atoms with Gasteiger partial charge in [-0.2, -0.15) is 26.3 Å². The maximum absolute atomic E-state index is 12.8. The van der Waals surface area contributed by atoms with Crippen LogP contribution >= 0.6 is 0 Å². The third-order valence-electron chi connectivity index (χ3n) is 4.89. The molecule has 4 rings (SSSR count). The normalized spacial score (nSPS) is 11.3. The van der Waals surface area contributed by atoms with Crippen LogP contribution in [0.5, 0.6) is 17.6 Å². The van der Waals surface area contributed by atoms with Crippen molar-refractivity contribution in [3.63, 3.8) is 0 Å². The van der Waals surface area contributed by atoms with Crippen molar-refractivity contribution in [3.05, 3.63) is 100 Å². The first-order valence-electron chi connectivity index (χ1n) is 11.4. The van der Waals surface area contributed by atoms with Crippen LogP contribution in [0.15, 0.2) is 72.2 Å². The number of aliphatic carboxylic acids is 1. The number of pyridine rings is 1. The Balaban J connectivity index is 0.000000587. The molecule has 0 saturated heterocycles. The van der Waals surface area contributed by atoms with E-state index in [-0.39, 0.29) is 24.1 Å². The Kier molecular flexibility index (Phi) is 9.95. The van der Waals surface area contributed by atoms with Crippen LogP contribution in [-0.2, 0) is 23.8 Å². The third kappa shape index (κ3) is 9.90. The van der Waals surface area contributed by atoms with Gasteiger partial charge in [-0.15, -0.1) is 0 Å². The Morgan fingerprint density at radius 1 is 0.927 bits per heavy atom. The summed E-state index contributed by atoms with van der Waals surface area (Å²) in [5, 5.41) is 7.12. The number of alkyl halides is 6. The van der Waals surface area contributed by atoms with Crippen LogP contribution in [0.25, 0.3) is 0 Å². The summed E-state index contributed by atoms with van der Waals surface area (Å²) in [7, 11) is 0. The fourth-order valence-electron chi connectivity index (χ4n) is 2.99. The lowest BCUT2D eigenvalue weighted by Gasteiger charge is -2.09. The minimum Gasteiger partial charge on any atom is -0.475 e. The highest BCUT2D eigenvalue weighted by molar-refractivity contribution is 5.73. The van der Waals surface area contributed by atoms with Gasteiger partial charge in [0.25, 0.3) is 11.6 Å². The van der Waals surface area contributed by atoms with Crippen molar-refractivity contribution < 1.29 is 45.7 Å². The zero-order valence-corrected chi connectivity index (χ0v) is 20.6. The molecule has 10 nitrogen and oxygen atoms in total. The van der Waals surface area contributed by atoms with Crippen molar-refractivity contribution in [2.75, 3.05) is 6.61 Å². The maximum Gasteiger partial charge on any atom is 0.490 e. The third-order valence-corrected chi connectivity index (χ3v) is 4.89. The molecule has 0 aliphatic rings. The van der Waals surface area contributed by atoms with Crippen LogP contribution in [-0.4, -0.2) is 48.8 Å². The SMILES string of the molecule is O=C(O)C(F)(F)F.O=c1[nH]c(OCCc2ccc(Oc3cccc(C(F)(F)F)n3)cc2)ncc1Cc1cncnc1. The summed E-state index contributed by atoms with van der Waals surface area (Å²) in [6.45, 7) is 0.254. The molecule has 2 N–H and O–H groups in total. The van der Waals surface area contributed by atoms with Crippen LogP contribution in [0, 0.1) is 0 Å². The number of nitrogens with zero attached hydrogens (tertiary/aromatic N) is 4. The molecule has 0 fully saturated rings. The summed E-state index contributed by atoms with van der Waals surface area (Å²) in [5.41, 5.74) is 0.825. The molecule has 0 aliphatic heterocycles. The van der Waals surface area contributed by atoms with Crippen molar-refractivity contribution in [2.24, 2.45) is 0 Å². The van der Waals surface area contributed by atoms with E-state index in [1.54, 1.807) is 36.7 Å². The van der Waals surface area contributed by atoms with Crippen molar-refractivity contribution in [2.45, 2.75) is 25.2 Å². The standard InChI is InChI=1S/C23H18F3N5O3.C2HF3O2/c24-23(25,26)19-2-1-3-20(30-19)34-18-6-4-15(5-7-18)8-9-33-22-29-13-17(21(32)31-22)10-16-11-27-14-28-12-16;3-2(4,5)1(6)7/h1-7,11-14H,8-10H2,(H,29,31,32);(H,6,7). The van der Waals surface area contributed by atoms with Crippen molar-refractivity contribution in [1.82, 2.24) is 24.9 Å². The average molecular weight is 583 g/mol. The number of nitrogens with one attached hydrogen (secondary N) is 1. The second kappa shape index (κ2) is 13.4. The van der Waals surface area contributed by atoms with Gasteiger partial charge in [-0.05, 0) is 29.3 Å². The van der Waals surface area contributed by atoms with Gasteiger partial charge in [0.05, 0.1) is 6.61 Å². The molecule has 3 heterocycles. The van der Waals surface area contributed by atoms with Gasteiger partial charge in [0, 0.05) is 43.1 Å². The molecular weight excluding hydrogens is 564 g/mol. The molecule has 16 heteroatoms. The largest absolute Gasteiger partial charge is 0.490 e. The average Bonchev–Trinajstić information content (AvgIpc) is 2.91. The smallest absolute Gasteiger partial charge is 0.475 e. The summed E-state index contributed by atoms with van der Waals surface area (Å²) in [5.74, 6) is -2.56. The number of aromatic amines is 1. The number of aromatic nitrogens is 5. The predicted octanol–water partition coefficient (Wildman–Crippen LogP) is 4.61. The summed E-state index contributed by atoms with van der Waals surface area (Å²) >= 11 is 0. The number of ether oxygens (including phenoxy) is 2. The summed E-state index contributed by atoms with van der Waals surface area (Å²) in [4.78, 5) is 39.2. The van der Waals surface area contributed by atoms with Gasteiger partial charge >= 0.3 is 18.3 Å². The molecule has 0 spiro atoms. The van der Waals surface area contributed by atoms with Gasteiger partial charge in [0.15, 0.2) is 0 Å². The number of rotatable bonds is 8. The first-order valence-corrected chi connectivity index (χ1v) is 11.4. The van der Waals surface area contributed by atoms with Crippen molar-refractivity contribution in [1.29, 1.82) is 0 Å². The molecule has 0 radical (unpaired) electrons. The van der Waals surface area contributed by atoms with E-state index >= 15 is 0 Å². The number of benzene rings is 1. The van der Waals surface area contributed by atoms with Gasteiger partial charge in [-0.3, -0.25) is 9.78 Å². The summed E-state index contributed by atoms with van der Waals surface area (Å²) < 4.78 is 81.0. The van der Waals surface area contributed by atoms with E-state index in [0.717, 1.165) is 17.2 Å². The van der Waals surface area contributed by atoms with Crippen LogP contribution in [0.2, 0.25) is 0 Å². The number of hydrogen-bond donors (Lipinski definition) is 2. The van der Waals surface area contributed by atoms with Crippen molar-refractivity contribution in [3.8, 4) is 17.6 Å². The molecule has 0 atom stereocenters. The van der Waals surface area contributed by atoms with Crippen molar-refractivity contribution >= 4 is 5.97 Å². The Labute approximate surface area is 226 Å². The minimum atomic E-state index is -5.08. The Morgan fingerprint density at radius 2 is 1.59 bits per heavy atom. The fourth-order valence-corrected chi connectivity index (χ4v) is 2.99. The van der Waals surface area contributed by atoms with E-state index in [2.05, 4.69) is 24.9 Å². The first kappa shape index (κ1) is 30.5. The second-order valence-corrected chi connectivity index (χ2v) is 7.97. The quantitative estimate of drug-likeness (QED) is 0.285. The zero-order valence-electron chi connectivity index (χ0n) is 20.6. The molecular formula is C25H19F6N5O5. The van der Waals surface area contributed by atoms with Crippen LogP contribution in [0.3, 0.4) is 0 Å². The summed E-state index contributed by atoms with van der Waals surface area (Å²) in [6, 6.07) is 10.3. The fraction of sp³-hybridized carbons (Fsp3) is 0.200. The molecule has 216 valence electrons. The highest BCUT2D eigenvalue weighted by Gasteiger charge is 2.38. The van der Waals surface area contributed by atoms with Gasteiger partial charge in [0.2, 0.25) is 5.88 Å². The second-order valence-electron chi connectivity index (χ2n) is 7.97. The monoisotopic (exact) mass is 583 g/mol. The van der Waals surface area contributed by atoms with E-state index in [1.165, 1.54) is 24.7 Å². The van der Waals surface area contributed by atoms with E-state index in [9.17, 15) is 31.1 Å². The lowest BCUT2D eigenvalue weighted by Crippen LogP contribution is -2.21. The number of carboxylic acid groups (broad SMARTS) is 1. The number of carbonyl (C=O) groups is 1. The van der Waals surface area contributed by atoms with E-state index in [1.807, 2.05) is 0 Å². The van der Waals surface area contributed by atoms with Gasteiger partial charge in [-0.1, -0.05) is 18.2 Å². The zero-order chi connectivity index (χ0) is 30.0. The molecule has 0 bridgehead atoms. The predicted molar refractivity (Wildman–Crippen MR) is 128 cm³/mol. The minimum absolute atomic E-state index is 0.105. The number of hydrogen-bond acceptors (Lipinski definition) is 8. The molecule has 0 unspecified atom stereocenters. The lowest BCUT2D eigenvalue weighted by molar-refractivity contribution is -0.192. The summed E-state index contributed by atoms with van der Waals surface area (Å²) in [6.07, 6.45) is -2.64. The molecule has 1 aromatic carbocycles. The Morgan fingerprint density at radius 3 is 2.17 bits per heavy atom. The van der Waals surface area contributed by atoms with E-state index < -0.39 is 24.0 Å². The van der Waals surface area contributed by atoms with E-state index in [4.69, 9.17) is 19.4 Å². The topological polar surface area (TPSA) is 140 Å². The molecule has 3 aromatic heterocycles. The number of halogens is 6. The maximum atomic E-state index is 12.8. The lowest BCUT2D eigenvalue weighted by atomic mass is 10.1. The molecule has 0 aliphatic carbocycles. The Hall–Kier alpha value is -5.02. The highest BCUT2D eigenvalue weighted by atomic mass is 19.4. The van der Waals surface area contributed by atoms with Gasteiger partial charge in [0.1, 0.15) is 17.8 Å². The molecule has 41 heavy (non-hydrogen) atoms. The highest BCUT2D eigenvalue weighted by Crippen LogP contribution is 2.29. The van der Waals surface area contributed by atoms with Crippen LogP contribution in [0.4, 0.5) is 26.3 Å². The van der Waals surface area contributed by atoms with Crippen LogP contribution in [0.1, 0.15) is 22.4 Å². The Bertz CT molecular complexity index is 1500. The van der Waals surface area contributed by atoms with Gasteiger partial charge in [-0.25, -0.2) is 24.7 Å². The van der Waals surface area contributed by atoms with Crippen LogP contribution < -0.4 is 15.0 Å².